The molecule has 2 rings (SSSR count). The Hall–Kier alpha value is -1.88. The summed E-state index contributed by atoms with van der Waals surface area (Å²) in [5.41, 5.74) is 6.14. The van der Waals surface area contributed by atoms with Crippen molar-refractivity contribution in [2.75, 3.05) is 13.7 Å². The molecular formula is C12H14N2O3. The number of benzene rings is 1. The van der Waals surface area contributed by atoms with E-state index in [-0.39, 0.29) is 12.5 Å². The highest BCUT2D eigenvalue weighted by Gasteiger charge is 2.38. The summed E-state index contributed by atoms with van der Waals surface area (Å²) in [7, 11) is 1.65. The van der Waals surface area contributed by atoms with Gasteiger partial charge in [0.25, 0.3) is 0 Å². The summed E-state index contributed by atoms with van der Waals surface area (Å²) in [6.45, 7) is -0.104. The third-order valence-corrected chi connectivity index (χ3v) is 2.91. The van der Waals surface area contributed by atoms with Crippen molar-refractivity contribution in [3.63, 3.8) is 0 Å². The van der Waals surface area contributed by atoms with Gasteiger partial charge in [-0.15, -0.1) is 0 Å². The molecule has 0 aromatic heterocycles. The van der Waals surface area contributed by atoms with Crippen LogP contribution in [0.2, 0.25) is 0 Å². The predicted octanol–water partition coefficient (Wildman–Crippen LogP) is 0.0702. The number of primary amides is 1. The molecule has 1 aliphatic heterocycles. The molecule has 1 aliphatic rings. The molecule has 1 aromatic rings. The number of nitrogens with zero attached hydrogens (tertiary/aromatic N) is 1. The third-order valence-electron chi connectivity index (χ3n) is 2.91. The number of carbonyl (C=O) groups excluding carboxylic acids is 2. The van der Waals surface area contributed by atoms with Crippen LogP contribution in [-0.4, -0.2) is 36.5 Å². The molecule has 0 radical (unpaired) electrons. The fraction of sp³-hybridized carbons (Fsp3) is 0.333. The first-order valence-corrected chi connectivity index (χ1v) is 5.33. The summed E-state index contributed by atoms with van der Waals surface area (Å²) in [6, 6.07) is 8.81. The number of hydrogen-bond donors (Lipinski definition) is 1. The lowest BCUT2D eigenvalue weighted by Gasteiger charge is -2.37. The topological polar surface area (TPSA) is 72.6 Å². The molecule has 1 aromatic carbocycles. The van der Waals surface area contributed by atoms with Gasteiger partial charge >= 0.3 is 0 Å². The molecular weight excluding hydrogens is 220 g/mol. The second-order valence-corrected chi connectivity index (χ2v) is 3.99. The Balaban J connectivity index is 2.37. The van der Waals surface area contributed by atoms with E-state index in [4.69, 9.17) is 10.5 Å². The summed E-state index contributed by atoms with van der Waals surface area (Å²) in [6.07, 6.45) is -0.792. The van der Waals surface area contributed by atoms with E-state index in [0.717, 1.165) is 5.56 Å². The van der Waals surface area contributed by atoms with E-state index in [1.54, 1.807) is 7.05 Å². The molecule has 0 spiro atoms. The van der Waals surface area contributed by atoms with Crippen molar-refractivity contribution < 1.29 is 14.3 Å². The van der Waals surface area contributed by atoms with Crippen LogP contribution in [0.4, 0.5) is 0 Å². The molecule has 2 atom stereocenters. The first kappa shape index (κ1) is 11.6. The van der Waals surface area contributed by atoms with E-state index < -0.39 is 18.1 Å². The van der Waals surface area contributed by atoms with Crippen molar-refractivity contribution in [3.8, 4) is 0 Å². The molecule has 90 valence electrons. The Morgan fingerprint density at radius 1 is 1.41 bits per heavy atom. The maximum absolute atomic E-state index is 11.6. The summed E-state index contributed by atoms with van der Waals surface area (Å²) in [4.78, 5) is 24.5. The van der Waals surface area contributed by atoms with Gasteiger partial charge in [0, 0.05) is 7.05 Å². The highest BCUT2D eigenvalue weighted by atomic mass is 16.5. The smallest absolute Gasteiger partial charge is 0.249 e. The Labute approximate surface area is 99.2 Å². The second kappa shape index (κ2) is 4.55. The number of rotatable bonds is 2. The minimum Gasteiger partial charge on any atom is -0.367 e. The van der Waals surface area contributed by atoms with Gasteiger partial charge in [0.2, 0.25) is 11.8 Å². The quantitative estimate of drug-likeness (QED) is 0.787. The number of carbonyl (C=O) groups is 2. The van der Waals surface area contributed by atoms with Gasteiger partial charge in [-0.1, -0.05) is 30.3 Å². The molecule has 0 bridgehead atoms. The average Bonchev–Trinajstić information content (AvgIpc) is 2.33. The van der Waals surface area contributed by atoms with Crippen molar-refractivity contribution in [1.29, 1.82) is 0 Å². The molecule has 2 amide bonds. The zero-order valence-electron chi connectivity index (χ0n) is 9.50. The van der Waals surface area contributed by atoms with Crippen molar-refractivity contribution in [1.82, 2.24) is 4.90 Å². The van der Waals surface area contributed by atoms with E-state index >= 15 is 0 Å². The van der Waals surface area contributed by atoms with Gasteiger partial charge in [-0.2, -0.15) is 0 Å². The van der Waals surface area contributed by atoms with Crippen LogP contribution in [0.25, 0.3) is 0 Å². The Bertz CT molecular complexity index is 433. The number of hydrogen-bond acceptors (Lipinski definition) is 3. The van der Waals surface area contributed by atoms with Gasteiger partial charge in [-0.05, 0) is 5.56 Å². The Morgan fingerprint density at radius 2 is 2.06 bits per heavy atom. The molecule has 0 saturated carbocycles. The van der Waals surface area contributed by atoms with Crippen LogP contribution in [0, 0.1) is 0 Å². The van der Waals surface area contributed by atoms with E-state index in [1.807, 2.05) is 30.3 Å². The lowest BCUT2D eigenvalue weighted by molar-refractivity contribution is -0.160. The standard InChI is InChI=1S/C12H14N2O3/c1-14-9(15)7-17-11(12(13)16)10(14)8-5-3-2-4-6-8/h2-6,10-11H,7H2,1H3,(H2,13,16)/t10-,11-/m1/s1. The normalized spacial score (nSPS) is 24.8. The molecule has 5 nitrogen and oxygen atoms in total. The summed E-state index contributed by atoms with van der Waals surface area (Å²) in [5, 5.41) is 0. The van der Waals surface area contributed by atoms with Crippen molar-refractivity contribution >= 4 is 11.8 Å². The molecule has 1 fully saturated rings. The van der Waals surface area contributed by atoms with Crippen LogP contribution >= 0.6 is 0 Å². The number of amides is 2. The molecule has 2 N–H and O–H groups in total. The van der Waals surface area contributed by atoms with E-state index in [0.29, 0.717) is 0 Å². The number of morpholine rings is 1. The van der Waals surface area contributed by atoms with Gasteiger partial charge in [-0.25, -0.2) is 0 Å². The first-order valence-electron chi connectivity index (χ1n) is 5.33. The van der Waals surface area contributed by atoms with Crippen LogP contribution in [0.5, 0.6) is 0 Å². The van der Waals surface area contributed by atoms with Gasteiger partial charge in [-0.3, -0.25) is 9.59 Å². The Morgan fingerprint density at radius 3 is 2.65 bits per heavy atom. The van der Waals surface area contributed by atoms with Crippen LogP contribution in [-0.2, 0) is 14.3 Å². The summed E-state index contributed by atoms with van der Waals surface area (Å²) in [5.74, 6) is -0.713. The maximum Gasteiger partial charge on any atom is 0.249 e. The zero-order chi connectivity index (χ0) is 12.4. The monoisotopic (exact) mass is 234 g/mol. The van der Waals surface area contributed by atoms with Crippen molar-refractivity contribution in [3.05, 3.63) is 35.9 Å². The fourth-order valence-corrected chi connectivity index (χ4v) is 2.00. The number of ether oxygens (including phenoxy) is 1. The fourth-order valence-electron chi connectivity index (χ4n) is 2.00. The van der Waals surface area contributed by atoms with E-state index in [9.17, 15) is 9.59 Å². The SMILES string of the molecule is CN1C(=O)CO[C@@H](C(N)=O)[C@H]1c1ccccc1. The number of nitrogens with two attached hydrogens (primary N) is 1. The molecule has 17 heavy (non-hydrogen) atoms. The minimum atomic E-state index is -0.792. The van der Waals surface area contributed by atoms with E-state index in [1.165, 1.54) is 4.90 Å². The molecule has 0 unspecified atom stereocenters. The summed E-state index contributed by atoms with van der Waals surface area (Å²) < 4.78 is 5.22. The maximum atomic E-state index is 11.6. The average molecular weight is 234 g/mol. The number of likely N-dealkylation sites (N-methyl/N-ethyl adjacent to an activating group) is 1. The van der Waals surface area contributed by atoms with Gasteiger partial charge in [0.05, 0.1) is 6.04 Å². The van der Waals surface area contributed by atoms with Crippen LogP contribution in [0.15, 0.2) is 30.3 Å². The van der Waals surface area contributed by atoms with Crippen molar-refractivity contribution in [2.45, 2.75) is 12.1 Å². The zero-order valence-corrected chi connectivity index (χ0v) is 9.50. The molecule has 1 heterocycles. The third kappa shape index (κ3) is 2.14. The van der Waals surface area contributed by atoms with Crippen molar-refractivity contribution in [2.24, 2.45) is 5.73 Å². The second-order valence-electron chi connectivity index (χ2n) is 3.99. The van der Waals surface area contributed by atoms with E-state index in [2.05, 4.69) is 0 Å². The Kier molecular flexibility index (Phi) is 3.10. The molecule has 1 saturated heterocycles. The highest BCUT2D eigenvalue weighted by Crippen LogP contribution is 2.28. The molecule has 5 heteroatoms. The first-order chi connectivity index (χ1) is 8.11. The van der Waals surface area contributed by atoms with Gasteiger partial charge in [0.15, 0.2) is 6.10 Å². The molecule has 0 aliphatic carbocycles. The highest BCUT2D eigenvalue weighted by molar-refractivity contribution is 5.85. The predicted molar refractivity (Wildman–Crippen MR) is 60.9 cm³/mol. The van der Waals surface area contributed by atoms with Crippen LogP contribution in [0.3, 0.4) is 0 Å². The lowest BCUT2D eigenvalue weighted by atomic mass is 9.98. The summed E-state index contributed by atoms with van der Waals surface area (Å²) >= 11 is 0. The minimum absolute atomic E-state index is 0.104. The lowest BCUT2D eigenvalue weighted by Crippen LogP contribution is -2.51. The van der Waals surface area contributed by atoms with Crippen LogP contribution < -0.4 is 5.73 Å². The van der Waals surface area contributed by atoms with Gasteiger partial charge in [0.1, 0.15) is 6.61 Å². The van der Waals surface area contributed by atoms with Gasteiger partial charge < -0.3 is 15.4 Å². The largest absolute Gasteiger partial charge is 0.367 e. The van der Waals surface area contributed by atoms with Crippen LogP contribution in [0.1, 0.15) is 11.6 Å².